The first-order valence-electron chi connectivity index (χ1n) is 8.14. The van der Waals surface area contributed by atoms with Gasteiger partial charge < -0.3 is 5.11 Å². The van der Waals surface area contributed by atoms with E-state index in [2.05, 4.69) is 43.0 Å². The van der Waals surface area contributed by atoms with Crippen LogP contribution in [0.4, 0.5) is 0 Å². The smallest absolute Gasteiger partial charge is 0.0558 e. The topological polar surface area (TPSA) is 23.5 Å². The molecule has 0 spiro atoms. The highest BCUT2D eigenvalue weighted by Crippen LogP contribution is 2.24. The number of aliphatic hydroxyl groups is 1. The van der Waals surface area contributed by atoms with Gasteiger partial charge in [0.2, 0.25) is 0 Å². The third kappa shape index (κ3) is 4.32. The van der Waals surface area contributed by atoms with Gasteiger partial charge in [-0.15, -0.1) is 0 Å². The summed E-state index contributed by atoms with van der Waals surface area (Å²) in [6.45, 7) is 6.50. The van der Waals surface area contributed by atoms with Crippen molar-refractivity contribution >= 4 is 0 Å². The van der Waals surface area contributed by atoms with Gasteiger partial charge in [-0.05, 0) is 29.9 Å². The largest absolute Gasteiger partial charge is 0.395 e. The van der Waals surface area contributed by atoms with Crippen molar-refractivity contribution in [3.63, 3.8) is 0 Å². The van der Waals surface area contributed by atoms with Crippen LogP contribution in [-0.4, -0.2) is 29.2 Å². The van der Waals surface area contributed by atoms with Gasteiger partial charge in [0.25, 0.3) is 0 Å². The molecular weight excluding hydrogens is 246 g/mol. The van der Waals surface area contributed by atoms with E-state index in [9.17, 15) is 5.11 Å². The van der Waals surface area contributed by atoms with E-state index in [0.29, 0.717) is 12.0 Å². The summed E-state index contributed by atoms with van der Waals surface area (Å²) in [5.74, 6) is 0.593. The maximum absolute atomic E-state index is 9.32. The highest BCUT2D eigenvalue weighted by Gasteiger charge is 2.20. The summed E-state index contributed by atoms with van der Waals surface area (Å²) in [6.07, 6.45) is 6.67. The minimum absolute atomic E-state index is 0.264. The summed E-state index contributed by atoms with van der Waals surface area (Å²) < 4.78 is 0. The van der Waals surface area contributed by atoms with Crippen LogP contribution in [0.5, 0.6) is 0 Å². The van der Waals surface area contributed by atoms with E-state index in [1.807, 2.05) is 0 Å². The van der Waals surface area contributed by atoms with Crippen molar-refractivity contribution in [1.29, 1.82) is 0 Å². The minimum Gasteiger partial charge on any atom is -0.395 e. The van der Waals surface area contributed by atoms with Crippen molar-refractivity contribution in [1.82, 2.24) is 4.90 Å². The average Bonchev–Trinajstić information content (AvgIpc) is 2.48. The van der Waals surface area contributed by atoms with E-state index in [0.717, 1.165) is 13.1 Å². The Morgan fingerprint density at radius 2 is 1.75 bits per heavy atom. The number of nitrogens with zero attached hydrogens (tertiary/aromatic N) is 1. The van der Waals surface area contributed by atoms with Gasteiger partial charge in [-0.25, -0.2) is 0 Å². The maximum atomic E-state index is 9.32. The summed E-state index contributed by atoms with van der Waals surface area (Å²) in [7, 11) is 0. The van der Waals surface area contributed by atoms with Crippen LogP contribution in [0.2, 0.25) is 0 Å². The van der Waals surface area contributed by atoms with Gasteiger partial charge in [0.1, 0.15) is 0 Å². The fraction of sp³-hybridized carbons (Fsp3) is 0.667. The summed E-state index contributed by atoms with van der Waals surface area (Å²) in [5, 5.41) is 9.32. The molecule has 1 aliphatic carbocycles. The van der Waals surface area contributed by atoms with Crippen molar-refractivity contribution in [3.8, 4) is 0 Å². The van der Waals surface area contributed by atoms with Gasteiger partial charge in [0.15, 0.2) is 0 Å². The van der Waals surface area contributed by atoms with Crippen molar-refractivity contribution in [3.05, 3.63) is 35.4 Å². The molecule has 0 radical (unpaired) electrons. The van der Waals surface area contributed by atoms with Crippen molar-refractivity contribution in [2.75, 3.05) is 13.2 Å². The molecule has 112 valence electrons. The summed E-state index contributed by atoms with van der Waals surface area (Å²) in [6, 6.07) is 9.67. The minimum atomic E-state index is 0.264. The Bertz CT molecular complexity index is 379. The van der Waals surface area contributed by atoms with Crippen LogP contribution in [-0.2, 0) is 6.54 Å². The summed E-state index contributed by atoms with van der Waals surface area (Å²) in [4.78, 5) is 2.48. The van der Waals surface area contributed by atoms with Crippen molar-refractivity contribution < 1.29 is 5.11 Å². The van der Waals surface area contributed by atoms with Gasteiger partial charge in [0, 0.05) is 19.1 Å². The average molecular weight is 275 g/mol. The van der Waals surface area contributed by atoms with Gasteiger partial charge in [0.05, 0.1) is 6.61 Å². The Hall–Kier alpha value is -0.860. The first kappa shape index (κ1) is 15.5. The van der Waals surface area contributed by atoms with Gasteiger partial charge >= 0.3 is 0 Å². The monoisotopic (exact) mass is 275 g/mol. The van der Waals surface area contributed by atoms with E-state index in [1.54, 1.807) is 0 Å². The molecule has 0 heterocycles. The van der Waals surface area contributed by atoms with Crippen LogP contribution in [0.25, 0.3) is 0 Å². The second-order valence-electron chi connectivity index (χ2n) is 6.38. The van der Waals surface area contributed by atoms with Gasteiger partial charge in [-0.3, -0.25) is 4.90 Å². The lowest BCUT2D eigenvalue weighted by Crippen LogP contribution is -2.38. The summed E-state index contributed by atoms with van der Waals surface area (Å²) in [5.41, 5.74) is 2.77. The first-order chi connectivity index (χ1) is 9.70. The molecule has 2 rings (SSSR count). The van der Waals surface area contributed by atoms with E-state index in [-0.39, 0.29) is 6.61 Å². The quantitative estimate of drug-likeness (QED) is 0.850. The molecule has 1 aliphatic rings. The first-order valence-corrected chi connectivity index (χ1v) is 8.14. The van der Waals surface area contributed by atoms with Crippen molar-refractivity contribution in [2.24, 2.45) is 0 Å². The molecule has 0 aliphatic heterocycles. The van der Waals surface area contributed by atoms with E-state index in [1.165, 1.54) is 43.2 Å². The van der Waals surface area contributed by atoms with Gasteiger partial charge in [-0.2, -0.15) is 0 Å². The lowest BCUT2D eigenvalue weighted by Gasteiger charge is -2.34. The molecule has 1 fully saturated rings. The zero-order valence-corrected chi connectivity index (χ0v) is 13.0. The molecule has 0 aromatic heterocycles. The second kappa shape index (κ2) is 7.80. The van der Waals surface area contributed by atoms with E-state index in [4.69, 9.17) is 0 Å². The van der Waals surface area contributed by atoms with Gasteiger partial charge in [-0.1, -0.05) is 57.4 Å². The SMILES string of the molecule is CC(C)c1ccc(CN(CCO)C2CCCCC2)cc1. The number of hydrogen-bond acceptors (Lipinski definition) is 2. The molecule has 1 aromatic rings. The number of rotatable bonds is 6. The zero-order chi connectivity index (χ0) is 14.4. The Morgan fingerprint density at radius 3 is 2.30 bits per heavy atom. The molecule has 0 atom stereocenters. The Balaban J connectivity index is 1.99. The lowest BCUT2D eigenvalue weighted by atomic mass is 9.93. The van der Waals surface area contributed by atoms with Crippen LogP contribution >= 0.6 is 0 Å². The summed E-state index contributed by atoms with van der Waals surface area (Å²) >= 11 is 0. The molecule has 2 heteroatoms. The highest BCUT2D eigenvalue weighted by atomic mass is 16.3. The molecule has 1 N–H and O–H groups in total. The Labute approximate surface area is 123 Å². The lowest BCUT2D eigenvalue weighted by molar-refractivity contribution is 0.117. The molecule has 0 amide bonds. The van der Waals surface area contributed by atoms with Crippen LogP contribution in [0.15, 0.2) is 24.3 Å². The number of aliphatic hydroxyl groups excluding tert-OH is 1. The van der Waals surface area contributed by atoms with Crippen LogP contribution in [0, 0.1) is 0 Å². The fourth-order valence-corrected chi connectivity index (χ4v) is 3.21. The maximum Gasteiger partial charge on any atom is 0.0558 e. The van der Waals surface area contributed by atoms with E-state index >= 15 is 0 Å². The van der Waals surface area contributed by atoms with Crippen LogP contribution < -0.4 is 0 Å². The van der Waals surface area contributed by atoms with Crippen molar-refractivity contribution in [2.45, 2.75) is 64.5 Å². The van der Waals surface area contributed by atoms with E-state index < -0.39 is 0 Å². The fourth-order valence-electron chi connectivity index (χ4n) is 3.21. The second-order valence-corrected chi connectivity index (χ2v) is 6.38. The molecular formula is C18H29NO. The highest BCUT2D eigenvalue weighted by molar-refractivity contribution is 5.24. The van der Waals surface area contributed by atoms with Crippen LogP contribution in [0.1, 0.15) is 63.0 Å². The zero-order valence-electron chi connectivity index (χ0n) is 13.0. The molecule has 2 nitrogen and oxygen atoms in total. The standard InChI is InChI=1S/C18H29NO/c1-15(2)17-10-8-16(9-11-17)14-19(12-13-20)18-6-4-3-5-7-18/h8-11,15,18,20H,3-7,12-14H2,1-2H3. The molecule has 1 aromatic carbocycles. The predicted octanol–water partition coefficient (Wildman–Crippen LogP) is 3.94. The molecule has 0 saturated heterocycles. The molecule has 20 heavy (non-hydrogen) atoms. The normalized spacial score (nSPS) is 17.1. The van der Waals surface area contributed by atoms with Crippen LogP contribution in [0.3, 0.4) is 0 Å². The molecule has 0 bridgehead atoms. The molecule has 1 saturated carbocycles. The third-order valence-corrected chi connectivity index (χ3v) is 4.51. The number of hydrogen-bond donors (Lipinski definition) is 1. The third-order valence-electron chi connectivity index (χ3n) is 4.51. The molecule has 0 unspecified atom stereocenters. The Morgan fingerprint density at radius 1 is 1.10 bits per heavy atom. The number of benzene rings is 1. The predicted molar refractivity (Wildman–Crippen MR) is 84.9 cm³/mol. The Kier molecular flexibility index (Phi) is 6.06.